The topological polar surface area (TPSA) is 93.2 Å². The standard InChI is InChI=1S/C14H30O7Si2/c1-7-13(17-3,11-9-19-11)22(5,15)21-23(6,16)14(8-2,18-4)12-10-20-12/h11-12,15-16H,7-10H2,1-6H3. The summed E-state index contributed by atoms with van der Waals surface area (Å²) in [7, 11) is -3.79. The largest absolute Gasteiger partial charge is 0.411 e. The van der Waals surface area contributed by atoms with Gasteiger partial charge in [-0.25, -0.2) is 0 Å². The third kappa shape index (κ3) is 3.07. The van der Waals surface area contributed by atoms with Gasteiger partial charge >= 0.3 is 17.1 Å². The fraction of sp³-hybridized carbons (Fsp3) is 1.00. The van der Waals surface area contributed by atoms with E-state index >= 15 is 0 Å². The van der Waals surface area contributed by atoms with Crippen molar-refractivity contribution in [2.45, 2.75) is 62.4 Å². The van der Waals surface area contributed by atoms with Gasteiger partial charge in [-0.2, -0.15) is 0 Å². The van der Waals surface area contributed by atoms with E-state index in [1.165, 1.54) is 0 Å². The van der Waals surface area contributed by atoms with E-state index in [0.717, 1.165) is 0 Å². The molecule has 7 nitrogen and oxygen atoms in total. The minimum Gasteiger partial charge on any atom is -0.411 e. The summed E-state index contributed by atoms with van der Waals surface area (Å²) in [5.74, 6) is 0. The molecule has 2 N–H and O–H groups in total. The van der Waals surface area contributed by atoms with Crippen LogP contribution in [0.25, 0.3) is 0 Å². The van der Waals surface area contributed by atoms with Crippen molar-refractivity contribution in [3.05, 3.63) is 0 Å². The average Bonchev–Trinajstić information content (AvgIpc) is 3.34. The fourth-order valence-corrected chi connectivity index (χ4v) is 11.9. The van der Waals surface area contributed by atoms with Crippen molar-refractivity contribution in [1.82, 2.24) is 0 Å². The number of ether oxygens (including phenoxy) is 4. The molecular formula is C14H30O7Si2. The second-order valence-electron chi connectivity index (χ2n) is 6.61. The molecule has 0 radical (unpaired) electrons. The van der Waals surface area contributed by atoms with Crippen LogP contribution in [0.5, 0.6) is 0 Å². The Balaban J connectivity index is 2.29. The molecule has 0 aliphatic carbocycles. The maximum atomic E-state index is 11.2. The average molecular weight is 367 g/mol. The molecule has 0 bridgehead atoms. The van der Waals surface area contributed by atoms with Crippen molar-refractivity contribution in [2.24, 2.45) is 0 Å². The van der Waals surface area contributed by atoms with E-state index < -0.39 is 27.6 Å². The zero-order valence-electron chi connectivity index (χ0n) is 14.9. The van der Waals surface area contributed by atoms with Crippen LogP contribution in [0.4, 0.5) is 0 Å². The maximum absolute atomic E-state index is 11.2. The van der Waals surface area contributed by atoms with Crippen LogP contribution in [0, 0.1) is 0 Å². The van der Waals surface area contributed by atoms with Crippen molar-refractivity contribution in [1.29, 1.82) is 0 Å². The molecule has 0 saturated carbocycles. The van der Waals surface area contributed by atoms with Gasteiger partial charge in [0.1, 0.15) is 22.7 Å². The normalized spacial score (nSPS) is 33.9. The molecule has 2 fully saturated rings. The highest BCUT2D eigenvalue weighted by atomic mass is 28.5. The molecule has 2 aliphatic rings. The molecule has 0 amide bonds. The first kappa shape index (κ1) is 19.5. The molecule has 2 rings (SSSR count). The van der Waals surface area contributed by atoms with Gasteiger partial charge in [-0.1, -0.05) is 13.8 Å². The monoisotopic (exact) mass is 366 g/mol. The second kappa shape index (κ2) is 6.47. The summed E-state index contributed by atoms with van der Waals surface area (Å²) in [4.78, 5) is 22.4. The Morgan fingerprint density at radius 3 is 1.39 bits per heavy atom. The molecule has 6 atom stereocenters. The molecule has 0 aromatic rings. The Kier molecular flexibility index (Phi) is 5.48. The molecule has 0 spiro atoms. The van der Waals surface area contributed by atoms with E-state index in [2.05, 4.69) is 0 Å². The zero-order valence-corrected chi connectivity index (χ0v) is 16.9. The molecule has 2 aliphatic heterocycles. The van der Waals surface area contributed by atoms with Crippen LogP contribution < -0.4 is 0 Å². The van der Waals surface area contributed by atoms with Gasteiger partial charge in [0.05, 0.1) is 13.2 Å². The van der Waals surface area contributed by atoms with Gasteiger partial charge in [0.25, 0.3) is 0 Å². The number of methoxy groups -OCH3 is 2. The third-order valence-electron chi connectivity index (χ3n) is 5.45. The predicted molar refractivity (Wildman–Crippen MR) is 88.3 cm³/mol. The first-order chi connectivity index (χ1) is 10.7. The molecule has 9 heteroatoms. The molecule has 136 valence electrons. The number of hydrogen-bond acceptors (Lipinski definition) is 7. The van der Waals surface area contributed by atoms with Crippen molar-refractivity contribution < 1.29 is 32.7 Å². The van der Waals surface area contributed by atoms with E-state index in [9.17, 15) is 9.59 Å². The zero-order chi connectivity index (χ0) is 17.5. The van der Waals surface area contributed by atoms with Gasteiger partial charge in [0.2, 0.25) is 0 Å². The molecular weight excluding hydrogens is 336 g/mol. The number of hydrogen-bond donors (Lipinski definition) is 2. The minimum atomic E-state index is -3.45. The number of rotatable bonds is 10. The molecule has 23 heavy (non-hydrogen) atoms. The fourth-order valence-electron chi connectivity index (χ4n) is 3.83. The van der Waals surface area contributed by atoms with E-state index in [0.29, 0.717) is 26.1 Å². The summed E-state index contributed by atoms with van der Waals surface area (Å²) >= 11 is 0. The Hall–Kier alpha value is 0.154. The Morgan fingerprint density at radius 2 is 1.22 bits per heavy atom. The van der Waals surface area contributed by atoms with Gasteiger partial charge in [-0.3, -0.25) is 0 Å². The molecule has 2 saturated heterocycles. The quantitative estimate of drug-likeness (QED) is 0.432. The van der Waals surface area contributed by atoms with Crippen LogP contribution in [-0.4, -0.2) is 76.8 Å². The minimum absolute atomic E-state index is 0.195. The summed E-state index contributed by atoms with van der Waals surface area (Å²) in [5.41, 5.74) is 0. The summed E-state index contributed by atoms with van der Waals surface area (Å²) in [5, 5.41) is -1.80. The number of epoxide rings is 2. The van der Waals surface area contributed by atoms with Crippen LogP contribution in [0.15, 0.2) is 0 Å². The Labute approximate surface area is 140 Å². The molecule has 0 aromatic heterocycles. The first-order valence-electron chi connectivity index (χ1n) is 8.14. The van der Waals surface area contributed by atoms with Gasteiger partial charge in [0, 0.05) is 14.2 Å². The second-order valence-corrected chi connectivity index (χ2v) is 13.0. The molecule has 0 aromatic carbocycles. The maximum Gasteiger partial charge on any atom is 0.359 e. The highest BCUT2D eigenvalue weighted by molar-refractivity contribution is 6.81. The van der Waals surface area contributed by atoms with E-state index in [4.69, 9.17) is 23.1 Å². The van der Waals surface area contributed by atoms with E-state index in [-0.39, 0.29) is 12.2 Å². The van der Waals surface area contributed by atoms with Gasteiger partial charge in [-0.05, 0) is 25.9 Å². The van der Waals surface area contributed by atoms with Crippen molar-refractivity contribution in [3.63, 3.8) is 0 Å². The Bertz CT molecular complexity index is 375. The van der Waals surface area contributed by atoms with Crippen LogP contribution >= 0.6 is 0 Å². The van der Waals surface area contributed by atoms with Gasteiger partial charge in [0.15, 0.2) is 0 Å². The van der Waals surface area contributed by atoms with Crippen LogP contribution in [0.1, 0.15) is 26.7 Å². The lowest BCUT2D eigenvalue weighted by Gasteiger charge is -2.47. The summed E-state index contributed by atoms with van der Waals surface area (Å²) in [6.45, 7) is 8.25. The SMILES string of the molecule is CCC(OC)(C1CO1)[Si](C)(O)O[Si](C)(O)C(CC)(OC)C1CO1. The highest BCUT2D eigenvalue weighted by Gasteiger charge is 2.68. The lowest BCUT2D eigenvalue weighted by atomic mass is 10.2. The third-order valence-corrected chi connectivity index (χ3v) is 13.5. The van der Waals surface area contributed by atoms with Crippen molar-refractivity contribution >= 4 is 17.1 Å². The highest BCUT2D eigenvalue weighted by Crippen LogP contribution is 2.43. The van der Waals surface area contributed by atoms with Crippen LogP contribution in [-0.2, 0) is 23.1 Å². The van der Waals surface area contributed by atoms with E-state index in [1.54, 1.807) is 27.3 Å². The first-order valence-corrected chi connectivity index (χ1v) is 12.9. The lowest BCUT2D eigenvalue weighted by molar-refractivity contribution is -0.0236. The molecule has 2 heterocycles. The summed E-state index contributed by atoms with van der Waals surface area (Å²) < 4.78 is 28.3. The van der Waals surface area contributed by atoms with Gasteiger partial charge < -0.3 is 32.7 Å². The summed E-state index contributed by atoms with van der Waals surface area (Å²) in [6.07, 6.45) is 0.702. The Morgan fingerprint density at radius 1 is 0.913 bits per heavy atom. The predicted octanol–water partition coefficient (Wildman–Crippen LogP) is 0.598. The lowest BCUT2D eigenvalue weighted by Crippen LogP contribution is -2.73. The van der Waals surface area contributed by atoms with E-state index in [1.807, 2.05) is 13.8 Å². The van der Waals surface area contributed by atoms with Gasteiger partial charge in [-0.15, -0.1) is 0 Å². The van der Waals surface area contributed by atoms with Crippen LogP contribution in [0.2, 0.25) is 13.1 Å². The van der Waals surface area contributed by atoms with Crippen molar-refractivity contribution in [2.75, 3.05) is 27.4 Å². The van der Waals surface area contributed by atoms with Crippen LogP contribution in [0.3, 0.4) is 0 Å². The smallest absolute Gasteiger partial charge is 0.359 e. The molecule has 6 unspecified atom stereocenters. The van der Waals surface area contributed by atoms with Crippen molar-refractivity contribution in [3.8, 4) is 0 Å². The summed E-state index contributed by atoms with van der Waals surface area (Å²) in [6, 6.07) is 0.